The van der Waals surface area contributed by atoms with E-state index in [1.165, 1.54) is 0 Å². The topological polar surface area (TPSA) is 66.9 Å². The molecule has 2 heterocycles. The van der Waals surface area contributed by atoms with Crippen LogP contribution in [0.25, 0.3) is 0 Å². The number of hydrogen-bond acceptors (Lipinski definition) is 6. The third-order valence-electron chi connectivity index (χ3n) is 2.81. The Hall–Kier alpha value is -1.60. The van der Waals surface area contributed by atoms with E-state index in [0.717, 1.165) is 34.4 Å². The minimum Gasteiger partial charge on any atom is -0.384 e. The van der Waals surface area contributed by atoms with Crippen LogP contribution < -0.4 is 10.6 Å². The maximum Gasteiger partial charge on any atom is 0.226 e. The van der Waals surface area contributed by atoms with E-state index in [1.54, 1.807) is 35.5 Å². The largest absolute Gasteiger partial charge is 0.384 e. The van der Waals surface area contributed by atoms with E-state index in [1.807, 2.05) is 17.5 Å². The number of nitrogens with one attached hydrogen (secondary N) is 2. The van der Waals surface area contributed by atoms with Crippen molar-refractivity contribution in [3.8, 4) is 0 Å². The normalized spacial score (nSPS) is 10.4. The Bertz CT molecular complexity index is 574. The molecule has 0 saturated heterocycles. The van der Waals surface area contributed by atoms with E-state index in [9.17, 15) is 4.79 Å². The van der Waals surface area contributed by atoms with Gasteiger partial charge in [-0.1, -0.05) is 18.7 Å². The van der Waals surface area contributed by atoms with Crippen molar-refractivity contribution in [2.24, 2.45) is 0 Å². The van der Waals surface area contributed by atoms with Crippen LogP contribution in [0.2, 0.25) is 0 Å². The summed E-state index contributed by atoms with van der Waals surface area (Å²) in [6.07, 6.45) is 4.76. The number of rotatable bonds is 9. The van der Waals surface area contributed by atoms with Gasteiger partial charge in [0.2, 0.25) is 5.91 Å². The van der Waals surface area contributed by atoms with Gasteiger partial charge in [-0.3, -0.25) is 9.78 Å². The van der Waals surface area contributed by atoms with Crippen LogP contribution in [0, 0.1) is 0 Å². The molecule has 0 aliphatic heterocycles. The fourth-order valence-electron chi connectivity index (χ4n) is 1.80. The average Bonchev–Trinajstić information content (AvgIpc) is 2.95. The SMILES string of the molecule is CCSc1nc(CC(=O)NCCCNc2cccnc2)cs1. The van der Waals surface area contributed by atoms with Crippen LogP contribution in [0.15, 0.2) is 34.2 Å². The summed E-state index contributed by atoms with van der Waals surface area (Å²) in [4.78, 5) is 20.3. The van der Waals surface area contributed by atoms with Gasteiger partial charge in [-0.15, -0.1) is 11.3 Å². The highest BCUT2D eigenvalue weighted by atomic mass is 32.2. The second kappa shape index (κ2) is 9.42. The van der Waals surface area contributed by atoms with Gasteiger partial charge >= 0.3 is 0 Å². The van der Waals surface area contributed by atoms with Crippen molar-refractivity contribution in [1.82, 2.24) is 15.3 Å². The van der Waals surface area contributed by atoms with Gasteiger partial charge < -0.3 is 10.6 Å². The van der Waals surface area contributed by atoms with Crippen molar-refractivity contribution in [2.75, 3.05) is 24.2 Å². The fourth-order valence-corrected chi connectivity index (χ4v) is 3.54. The standard InChI is InChI=1S/C15H20N4OS2/c1-2-21-15-19-13(11-22-15)9-14(20)18-8-4-7-17-12-5-3-6-16-10-12/h3,5-6,10-11,17H,2,4,7-9H2,1H3,(H,18,20). The van der Waals surface area contributed by atoms with Gasteiger partial charge in [0.15, 0.2) is 0 Å². The van der Waals surface area contributed by atoms with Crippen molar-refractivity contribution in [3.63, 3.8) is 0 Å². The molecule has 0 fully saturated rings. The van der Waals surface area contributed by atoms with Crippen molar-refractivity contribution in [1.29, 1.82) is 0 Å². The average molecular weight is 336 g/mol. The number of thioether (sulfide) groups is 1. The summed E-state index contributed by atoms with van der Waals surface area (Å²) in [5.41, 5.74) is 1.85. The third kappa shape index (κ3) is 6.03. The number of carbonyl (C=O) groups is 1. The third-order valence-corrected chi connectivity index (χ3v) is 4.76. The molecule has 2 rings (SSSR count). The molecule has 0 aliphatic carbocycles. The van der Waals surface area contributed by atoms with E-state index < -0.39 is 0 Å². The lowest BCUT2D eigenvalue weighted by Crippen LogP contribution is -2.27. The van der Waals surface area contributed by atoms with Crippen LogP contribution in [0.4, 0.5) is 5.69 Å². The number of nitrogens with zero attached hydrogens (tertiary/aromatic N) is 2. The second-order valence-corrected chi connectivity index (χ2v) is 6.96. The van der Waals surface area contributed by atoms with Crippen LogP contribution >= 0.6 is 23.1 Å². The van der Waals surface area contributed by atoms with Gasteiger partial charge in [0.1, 0.15) is 4.34 Å². The van der Waals surface area contributed by atoms with Crippen LogP contribution in [0.5, 0.6) is 0 Å². The Morgan fingerprint density at radius 1 is 1.41 bits per heavy atom. The molecule has 0 bridgehead atoms. The van der Waals surface area contributed by atoms with Crippen molar-refractivity contribution >= 4 is 34.7 Å². The molecule has 0 radical (unpaired) electrons. The number of anilines is 1. The van der Waals surface area contributed by atoms with E-state index in [4.69, 9.17) is 0 Å². The number of pyridine rings is 1. The highest BCUT2D eigenvalue weighted by Crippen LogP contribution is 2.22. The molecular formula is C15H20N4OS2. The Kier molecular flexibility index (Phi) is 7.18. The summed E-state index contributed by atoms with van der Waals surface area (Å²) in [7, 11) is 0. The maximum absolute atomic E-state index is 11.8. The van der Waals surface area contributed by atoms with Gasteiger partial charge in [-0.25, -0.2) is 4.98 Å². The smallest absolute Gasteiger partial charge is 0.226 e. The van der Waals surface area contributed by atoms with Crippen LogP contribution in [-0.4, -0.2) is 34.7 Å². The molecule has 7 heteroatoms. The van der Waals surface area contributed by atoms with Gasteiger partial charge in [0, 0.05) is 30.9 Å². The Balaban J connectivity index is 1.59. The first-order valence-electron chi connectivity index (χ1n) is 7.25. The summed E-state index contributed by atoms with van der Waals surface area (Å²) in [6.45, 7) is 3.56. The molecule has 0 unspecified atom stereocenters. The molecule has 0 atom stereocenters. The van der Waals surface area contributed by atoms with Crippen molar-refractivity contribution < 1.29 is 4.79 Å². The zero-order valence-corrected chi connectivity index (χ0v) is 14.2. The summed E-state index contributed by atoms with van der Waals surface area (Å²) < 4.78 is 1.03. The molecular weight excluding hydrogens is 316 g/mol. The van der Waals surface area contributed by atoms with Gasteiger partial charge in [0.05, 0.1) is 17.8 Å². The summed E-state index contributed by atoms with van der Waals surface area (Å²) >= 11 is 3.31. The molecule has 0 aliphatic rings. The highest BCUT2D eigenvalue weighted by molar-refractivity contribution is 8.00. The first-order valence-corrected chi connectivity index (χ1v) is 9.12. The zero-order valence-electron chi connectivity index (χ0n) is 12.5. The molecule has 1 amide bonds. The lowest BCUT2D eigenvalue weighted by molar-refractivity contribution is -0.120. The molecule has 22 heavy (non-hydrogen) atoms. The fraction of sp³-hybridized carbons (Fsp3) is 0.400. The second-order valence-electron chi connectivity index (χ2n) is 4.59. The minimum absolute atomic E-state index is 0.0275. The lowest BCUT2D eigenvalue weighted by Gasteiger charge is -2.06. The van der Waals surface area contributed by atoms with Crippen LogP contribution in [-0.2, 0) is 11.2 Å². The van der Waals surface area contributed by atoms with E-state index in [0.29, 0.717) is 13.0 Å². The molecule has 2 N–H and O–H groups in total. The predicted octanol–water partition coefficient (Wildman–Crippen LogP) is 2.81. The monoisotopic (exact) mass is 336 g/mol. The zero-order chi connectivity index (χ0) is 15.6. The van der Waals surface area contributed by atoms with Crippen LogP contribution in [0.1, 0.15) is 19.0 Å². The summed E-state index contributed by atoms with van der Waals surface area (Å²) in [5.74, 6) is 1.03. The molecule has 2 aromatic heterocycles. The number of hydrogen-bond donors (Lipinski definition) is 2. The van der Waals surface area contributed by atoms with E-state index in [2.05, 4.69) is 27.5 Å². The molecule has 0 saturated carbocycles. The number of amides is 1. The quantitative estimate of drug-likeness (QED) is 0.544. The molecule has 0 spiro atoms. The predicted molar refractivity (Wildman–Crippen MR) is 92.6 cm³/mol. The first kappa shape index (κ1) is 16.8. The summed E-state index contributed by atoms with van der Waals surface area (Å²) in [6, 6.07) is 3.86. The number of carbonyl (C=O) groups excluding carboxylic acids is 1. The van der Waals surface area contributed by atoms with Crippen molar-refractivity contribution in [3.05, 3.63) is 35.6 Å². The van der Waals surface area contributed by atoms with E-state index >= 15 is 0 Å². The van der Waals surface area contributed by atoms with Gasteiger partial charge in [-0.05, 0) is 24.3 Å². The van der Waals surface area contributed by atoms with E-state index in [-0.39, 0.29) is 5.91 Å². The first-order chi connectivity index (χ1) is 10.8. The van der Waals surface area contributed by atoms with Gasteiger partial charge in [0.25, 0.3) is 0 Å². The molecule has 5 nitrogen and oxygen atoms in total. The van der Waals surface area contributed by atoms with Crippen LogP contribution in [0.3, 0.4) is 0 Å². The van der Waals surface area contributed by atoms with Gasteiger partial charge in [-0.2, -0.15) is 0 Å². The van der Waals surface area contributed by atoms with Crippen molar-refractivity contribution in [2.45, 2.75) is 24.1 Å². The minimum atomic E-state index is 0.0275. The number of aromatic nitrogens is 2. The molecule has 118 valence electrons. The maximum atomic E-state index is 11.8. The Morgan fingerprint density at radius 2 is 2.32 bits per heavy atom. The molecule has 2 aromatic rings. The number of thiazole rings is 1. The lowest BCUT2D eigenvalue weighted by atomic mass is 10.3. The highest BCUT2D eigenvalue weighted by Gasteiger charge is 2.07. The Morgan fingerprint density at radius 3 is 3.09 bits per heavy atom. The Labute approximate surface area is 139 Å². The summed E-state index contributed by atoms with van der Waals surface area (Å²) in [5, 5.41) is 8.14. The molecule has 0 aromatic carbocycles.